The fourth-order valence-corrected chi connectivity index (χ4v) is 1.53. The third-order valence-electron chi connectivity index (χ3n) is 2.59. The Morgan fingerprint density at radius 3 is 2.36 bits per heavy atom. The van der Waals surface area contributed by atoms with Gasteiger partial charge in [0.05, 0.1) is 0 Å². The molecule has 14 heavy (non-hydrogen) atoms. The first-order chi connectivity index (χ1) is 6.52. The lowest BCUT2D eigenvalue weighted by molar-refractivity contribution is 0.273. The summed E-state index contributed by atoms with van der Waals surface area (Å²) in [5, 5.41) is 0. The molecule has 0 aliphatic carbocycles. The standard InChI is InChI=1S/C14H25/c1-6-8-10-12-13(11-9-7-2)14(3,4)5/h8,10,12-13H,7,9,11H2,1-5H3/q-1/b12-10-. The molecule has 0 aliphatic heterocycles. The zero-order chi connectivity index (χ0) is 11.0. The predicted octanol–water partition coefficient (Wildman–Crippen LogP) is 4.77. The molecule has 0 saturated heterocycles. The maximum absolute atomic E-state index is 3.02. The van der Waals surface area contributed by atoms with Crippen LogP contribution >= 0.6 is 0 Å². The van der Waals surface area contributed by atoms with Gasteiger partial charge in [-0.3, -0.25) is 6.08 Å². The maximum atomic E-state index is 3.02. The van der Waals surface area contributed by atoms with Crippen LogP contribution in [0.4, 0.5) is 0 Å². The highest BCUT2D eigenvalue weighted by molar-refractivity contribution is 5.03. The summed E-state index contributed by atoms with van der Waals surface area (Å²) >= 11 is 0. The van der Waals surface area contributed by atoms with Crippen LogP contribution in [-0.2, 0) is 0 Å². The van der Waals surface area contributed by atoms with Crippen LogP contribution in [0, 0.1) is 17.4 Å². The molecule has 0 N–H and O–H groups in total. The van der Waals surface area contributed by atoms with E-state index in [0.717, 1.165) is 0 Å². The van der Waals surface area contributed by atoms with Gasteiger partial charge in [-0.1, -0.05) is 40.5 Å². The minimum Gasteiger partial charge on any atom is -0.279 e. The average Bonchev–Trinajstić information content (AvgIpc) is 2.09. The Hall–Kier alpha value is -0.520. The monoisotopic (exact) mass is 193 g/mol. The molecule has 0 aromatic heterocycles. The van der Waals surface area contributed by atoms with E-state index in [4.69, 9.17) is 0 Å². The summed E-state index contributed by atoms with van der Waals surface area (Å²) in [5.74, 6) is 0.687. The molecule has 1 unspecified atom stereocenters. The van der Waals surface area contributed by atoms with Crippen molar-refractivity contribution in [2.45, 2.75) is 53.9 Å². The fraction of sp³-hybridized carbons (Fsp3) is 0.714. The van der Waals surface area contributed by atoms with Crippen molar-refractivity contribution < 1.29 is 0 Å². The van der Waals surface area contributed by atoms with E-state index in [9.17, 15) is 0 Å². The Morgan fingerprint density at radius 1 is 1.29 bits per heavy atom. The zero-order valence-corrected chi connectivity index (χ0v) is 10.4. The van der Waals surface area contributed by atoms with E-state index >= 15 is 0 Å². The summed E-state index contributed by atoms with van der Waals surface area (Å²) in [4.78, 5) is 0. The molecular formula is C14H25-. The second kappa shape index (κ2) is 6.86. The van der Waals surface area contributed by atoms with Gasteiger partial charge < -0.3 is 0 Å². The van der Waals surface area contributed by atoms with Crippen LogP contribution < -0.4 is 0 Å². The van der Waals surface area contributed by atoms with Gasteiger partial charge in [-0.15, -0.1) is 6.92 Å². The van der Waals surface area contributed by atoms with E-state index < -0.39 is 0 Å². The molecule has 0 aromatic carbocycles. The van der Waals surface area contributed by atoms with Gasteiger partial charge in [0.1, 0.15) is 0 Å². The van der Waals surface area contributed by atoms with Gasteiger partial charge in [0, 0.05) is 0 Å². The van der Waals surface area contributed by atoms with Gasteiger partial charge >= 0.3 is 0 Å². The molecular weight excluding hydrogens is 168 g/mol. The maximum Gasteiger partial charge on any atom is -0.0334 e. The van der Waals surface area contributed by atoms with E-state index in [1.54, 1.807) is 0 Å². The van der Waals surface area contributed by atoms with Crippen molar-refractivity contribution in [3.8, 4) is 0 Å². The molecule has 0 radical (unpaired) electrons. The van der Waals surface area contributed by atoms with E-state index in [2.05, 4.69) is 45.9 Å². The summed E-state index contributed by atoms with van der Waals surface area (Å²) in [7, 11) is 0. The van der Waals surface area contributed by atoms with E-state index in [1.807, 2.05) is 13.0 Å². The summed E-state index contributed by atoms with van der Waals surface area (Å²) in [5.41, 5.74) is 0.382. The highest BCUT2D eigenvalue weighted by Gasteiger charge is 2.19. The smallest absolute Gasteiger partial charge is 0.0334 e. The van der Waals surface area contributed by atoms with Gasteiger partial charge in [0.2, 0.25) is 0 Å². The van der Waals surface area contributed by atoms with E-state index in [1.165, 1.54) is 19.3 Å². The summed E-state index contributed by atoms with van der Waals surface area (Å²) in [6.07, 6.45) is 13.4. The molecule has 0 saturated carbocycles. The normalized spacial score (nSPS) is 15.5. The van der Waals surface area contributed by atoms with Crippen molar-refractivity contribution >= 4 is 0 Å². The first-order valence-corrected chi connectivity index (χ1v) is 5.69. The van der Waals surface area contributed by atoms with Gasteiger partial charge in [-0.25, -0.2) is 12.2 Å². The van der Waals surface area contributed by atoms with Gasteiger partial charge in [-0.05, 0) is 17.8 Å². The van der Waals surface area contributed by atoms with Crippen molar-refractivity contribution in [2.75, 3.05) is 0 Å². The Balaban J connectivity index is 4.25. The molecule has 0 nitrogen and oxygen atoms in total. The second-order valence-electron chi connectivity index (χ2n) is 4.95. The summed E-state index contributed by atoms with van der Waals surface area (Å²) in [6.45, 7) is 11.1. The number of unbranched alkanes of at least 4 members (excludes halogenated alkanes) is 1. The molecule has 0 bridgehead atoms. The summed E-state index contributed by atoms with van der Waals surface area (Å²) < 4.78 is 0. The first-order valence-electron chi connectivity index (χ1n) is 5.69. The molecule has 0 rings (SSSR count). The Morgan fingerprint density at radius 2 is 1.93 bits per heavy atom. The zero-order valence-electron chi connectivity index (χ0n) is 10.4. The number of rotatable bonds is 5. The Labute approximate surface area is 90.1 Å². The quantitative estimate of drug-likeness (QED) is 0.435. The molecule has 0 amide bonds. The van der Waals surface area contributed by atoms with Crippen LogP contribution in [0.1, 0.15) is 53.9 Å². The van der Waals surface area contributed by atoms with Crippen molar-refractivity contribution in [1.29, 1.82) is 0 Å². The molecule has 0 aromatic rings. The third-order valence-corrected chi connectivity index (χ3v) is 2.59. The van der Waals surface area contributed by atoms with Crippen LogP contribution in [-0.4, -0.2) is 0 Å². The van der Waals surface area contributed by atoms with Crippen LogP contribution in [0.25, 0.3) is 0 Å². The van der Waals surface area contributed by atoms with E-state index in [0.29, 0.717) is 11.3 Å². The topological polar surface area (TPSA) is 0 Å². The first kappa shape index (κ1) is 13.5. The van der Waals surface area contributed by atoms with E-state index in [-0.39, 0.29) is 0 Å². The minimum absolute atomic E-state index is 0.382. The second-order valence-corrected chi connectivity index (χ2v) is 4.95. The van der Waals surface area contributed by atoms with Crippen LogP contribution in [0.15, 0.2) is 18.2 Å². The van der Waals surface area contributed by atoms with Gasteiger partial charge in [-0.2, -0.15) is 6.08 Å². The van der Waals surface area contributed by atoms with Crippen molar-refractivity contribution in [1.82, 2.24) is 0 Å². The molecule has 0 heteroatoms. The minimum atomic E-state index is 0.382. The fourth-order valence-electron chi connectivity index (χ4n) is 1.53. The molecule has 0 fully saturated rings. The lowest BCUT2D eigenvalue weighted by Crippen LogP contribution is -2.18. The molecule has 0 heterocycles. The Kier molecular flexibility index (Phi) is 6.61. The van der Waals surface area contributed by atoms with Gasteiger partial charge in [0.25, 0.3) is 0 Å². The number of hydrogen-bond donors (Lipinski definition) is 0. The van der Waals surface area contributed by atoms with Crippen molar-refractivity contribution in [3.05, 3.63) is 24.3 Å². The van der Waals surface area contributed by atoms with Crippen LogP contribution in [0.3, 0.4) is 0 Å². The average molecular weight is 193 g/mol. The third kappa shape index (κ3) is 6.01. The van der Waals surface area contributed by atoms with Gasteiger partial charge in [0.15, 0.2) is 0 Å². The predicted molar refractivity (Wildman–Crippen MR) is 65.1 cm³/mol. The van der Waals surface area contributed by atoms with Crippen LogP contribution in [0.2, 0.25) is 0 Å². The lowest BCUT2D eigenvalue weighted by atomic mass is 9.77. The van der Waals surface area contributed by atoms with Crippen molar-refractivity contribution in [3.63, 3.8) is 0 Å². The number of hydrogen-bond acceptors (Lipinski definition) is 0. The van der Waals surface area contributed by atoms with Crippen molar-refractivity contribution in [2.24, 2.45) is 11.3 Å². The number of allylic oxidation sites excluding steroid dienone is 4. The molecule has 82 valence electrons. The molecule has 1 atom stereocenters. The molecule has 0 spiro atoms. The highest BCUT2D eigenvalue weighted by atomic mass is 14.3. The Bertz CT molecular complexity index is 179. The van der Waals surface area contributed by atoms with Crippen LogP contribution in [0.5, 0.6) is 0 Å². The largest absolute Gasteiger partial charge is 0.279 e. The highest BCUT2D eigenvalue weighted by Crippen LogP contribution is 2.31. The molecule has 0 aliphatic rings. The SMILES string of the molecule is C[C-]=C/C=C\C(CCCC)C(C)(C)C. The lowest BCUT2D eigenvalue weighted by Gasteiger charge is -2.29. The summed E-state index contributed by atoms with van der Waals surface area (Å²) in [6, 6.07) is 0.